The van der Waals surface area contributed by atoms with Crippen molar-refractivity contribution in [3.63, 3.8) is 0 Å². The Balaban J connectivity index is 1.75. The number of halogens is 2. The zero-order chi connectivity index (χ0) is 20.4. The molecule has 0 saturated heterocycles. The maximum absolute atomic E-state index is 13.0. The van der Waals surface area contributed by atoms with Gasteiger partial charge in [-0.2, -0.15) is 4.98 Å². The van der Waals surface area contributed by atoms with E-state index in [0.29, 0.717) is 43.9 Å². The van der Waals surface area contributed by atoms with Crippen molar-refractivity contribution in [1.82, 2.24) is 10.1 Å². The Bertz CT molecular complexity index is 1190. The Labute approximate surface area is 176 Å². The molecule has 4 rings (SSSR count). The van der Waals surface area contributed by atoms with Crippen LogP contribution in [0.5, 0.6) is 5.75 Å². The highest BCUT2D eigenvalue weighted by molar-refractivity contribution is 6.31. The molecule has 4 aromatic rings. The molecule has 0 saturated carbocycles. The number of hydrogen-bond donors (Lipinski definition) is 0. The van der Waals surface area contributed by atoms with Gasteiger partial charge in [-0.1, -0.05) is 46.6 Å². The van der Waals surface area contributed by atoms with E-state index in [1.165, 1.54) is 0 Å². The number of ketones is 1. The summed E-state index contributed by atoms with van der Waals surface area (Å²) in [7, 11) is 1.55. The smallest absolute Gasteiger partial charge is 0.258 e. The summed E-state index contributed by atoms with van der Waals surface area (Å²) in [5.74, 6) is 0.928. The first-order chi connectivity index (χ1) is 14.1. The van der Waals surface area contributed by atoms with Crippen molar-refractivity contribution in [1.29, 1.82) is 0 Å². The lowest BCUT2D eigenvalue weighted by atomic mass is 9.98. The van der Waals surface area contributed by atoms with Gasteiger partial charge in [0.2, 0.25) is 5.82 Å². The highest BCUT2D eigenvalue weighted by Gasteiger charge is 2.20. The number of ether oxygens (including phenoxy) is 1. The van der Waals surface area contributed by atoms with Gasteiger partial charge in [-0.25, -0.2) is 0 Å². The largest absolute Gasteiger partial charge is 0.496 e. The van der Waals surface area contributed by atoms with Gasteiger partial charge in [0.25, 0.3) is 5.89 Å². The van der Waals surface area contributed by atoms with Crippen LogP contribution < -0.4 is 4.74 Å². The van der Waals surface area contributed by atoms with Crippen molar-refractivity contribution in [2.45, 2.75) is 0 Å². The first kappa shape index (κ1) is 19.2. The zero-order valence-electron chi connectivity index (χ0n) is 15.2. The van der Waals surface area contributed by atoms with E-state index in [2.05, 4.69) is 10.1 Å². The minimum atomic E-state index is -0.169. The van der Waals surface area contributed by atoms with Gasteiger partial charge in [-0.05, 0) is 48.5 Å². The monoisotopic (exact) mass is 424 g/mol. The molecule has 144 valence electrons. The van der Waals surface area contributed by atoms with E-state index < -0.39 is 0 Å². The third kappa shape index (κ3) is 3.88. The van der Waals surface area contributed by atoms with Crippen LogP contribution in [0, 0.1) is 0 Å². The Morgan fingerprint density at radius 3 is 2.41 bits per heavy atom. The van der Waals surface area contributed by atoms with E-state index in [4.69, 9.17) is 32.5 Å². The third-order valence-corrected chi connectivity index (χ3v) is 4.82. The van der Waals surface area contributed by atoms with Gasteiger partial charge >= 0.3 is 0 Å². The Kier molecular flexibility index (Phi) is 5.34. The molecule has 0 atom stereocenters. The molecule has 0 aliphatic rings. The number of aromatic nitrogens is 2. The quantitative estimate of drug-likeness (QED) is 0.370. The molecule has 0 bridgehead atoms. The Morgan fingerprint density at radius 2 is 1.66 bits per heavy atom. The second-order valence-corrected chi connectivity index (χ2v) is 7.02. The number of carbonyl (C=O) groups is 1. The molecule has 0 radical (unpaired) electrons. The number of methoxy groups -OCH3 is 1. The van der Waals surface area contributed by atoms with Crippen LogP contribution in [0.15, 0.2) is 71.3 Å². The summed E-state index contributed by atoms with van der Waals surface area (Å²) in [6, 6.07) is 18.9. The Hall–Kier alpha value is -3.15. The van der Waals surface area contributed by atoms with Crippen LogP contribution in [0.2, 0.25) is 10.0 Å². The van der Waals surface area contributed by atoms with Gasteiger partial charge in [0, 0.05) is 21.2 Å². The van der Waals surface area contributed by atoms with Crippen molar-refractivity contribution in [2.75, 3.05) is 7.11 Å². The van der Waals surface area contributed by atoms with Gasteiger partial charge in [-0.15, -0.1) is 0 Å². The molecule has 0 aliphatic heterocycles. The fourth-order valence-corrected chi connectivity index (χ4v) is 3.22. The summed E-state index contributed by atoms with van der Waals surface area (Å²) in [6.45, 7) is 0. The van der Waals surface area contributed by atoms with Crippen LogP contribution in [0.1, 0.15) is 15.9 Å². The maximum Gasteiger partial charge on any atom is 0.258 e. The fourth-order valence-electron chi connectivity index (χ4n) is 2.92. The third-order valence-electron chi connectivity index (χ3n) is 4.34. The van der Waals surface area contributed by atoms with Gasteiger partial charge < -0.3 is 9.26 Å². The summed E-state index contributed by atoms with van der Waals surface area (Å²) in [5, 5.41) is 5.12. The highest BCUT2D eigenvalue weighted by atomic mass is 35.5. The molecule has 3 aromatic carbocycles. The molecule has 0 unspecified atom stereocenters. The van der Waals surface area contributed by atoms with Crippen LogP contribution >= 0.6 is 23.2 Å². The number of carbonyl (C=O) groups excluding carboxylic acids is 1. The average Bonchev–Trinajstić information content (AvgIpc) is 3.24. The molecular formula is C22H14Cl2N2O3. The molecule has 0 amide bonds. The zero-order valence-corrected chi connectivity index (χ0v) is 16.7. The summed E-state index contributed by atoms with van der Waals surface area (Å²) in [4.78, 5) is 17.5. The Morgan fingerprint density at radius 1 is 0.931 bits per heavy atom. The topological polar surface area (TPSA) is 65.2 Å². The summed E-state index contributed by atoms with van der Waals surface area (Å²) in [6.07, 6.45) is 0. The highest BCUT2D eigenvalue weighted by Crippen LogP contribution is 2.33. The van der Waals surface area contributed by atoms with E-state index in [9.17, 15) is 4.79 Å². The normalized spacial score (nSPS) is 10.7. The molecule has 0 spiro atoms. The van der Waals surface area contributed by atoms with E-state index >= 15 is 0 Å². The minimum Gasteiger partial charge on any atom is -0.496 e. The molecule has 1 heterocycles. The number of hydrogen-bond acceptors (Lipinski definition) is 5. The van der Waals surface area contributed by atoms with Crippen LogP contribution in [0.25, 0.3) is 22.8 Å². The molecule has 5 nitrogen and oxygen atoms in total. The molecule has 29 heavy (non-hydrogen) atoms. The van der Waals surface area contributed by atoms with Crippen molar-refractivity contribution >= 4 is 29.0 Å². The van der Waals surface area contributed by atoms with Crippen LogP contribution in [-0.2, 0) is 0 Å². The summed E-state index contributed by atoms with van der Waals surface area (Å²) in [5.41, 5.74) is 2.09. The second-order valence-electron chi connectivity index (χ2n) is 6.15. The first-order valence-corrected chi connectivity index (χ1v) is 9.39. The first-order valence-electron chi connectivity index (χ1n) is 8.64. The van der Waals surface area contributed by atoms with E-state index in [1.807, 2.05) is 0 Å². The standard InChI is InChI=1S/C22H14Cl2N2O3/c1-28-19-11-10-15(24)12-18(19)21-25-22(29-26-21)17-5-3-2-4-16(17)20(27)13-6-8-14(23)9-7-13/h2-12H,1H3. The predicted molar refractivity (Wildman–Crippen MR) is 112 cm³/mol. The SMILES string of the molecule is COc1ccc(Cl)cc1-c1noc(-c2ccccc2C(=O)c2ccc(Cl)cc2)n1. The fraction of sp³-hybridized carbons (Fsp3) is 0.0455. The lowest BCUT2D eigenvalue weighted by Gasteiger charge is -2.06. The minimum absolute atomic E-state index is 0.169. The molecule has 0 fully saturated rings. The van der Waals surface area contributed by atoms with Crippen molar-refractivity contribution in [3.05, 3.63) is 87.9 Å². The van der Waals surface area contributed by atoms with Gasteiger partial charge in [0.1, 0.15) is 5.75 Å². The molecular weight excluding hydrogens is 411 g/mol. The predicted octanol–water partition coefficient (Wildman–Crippen LogP) is 5.95. The van der Waals surface area contributed by atoms with E-state index in [0.717, 1.165) is 0 Å². The van der Waals surface area contributed by atoms with Crippen molar-refractivity contribution in [2.24, 2.45) is 0 Å². The van der Waals surface area contributed by atoms with E-state index in [-0.39, 0.29) is 11.7 Å². The van der Waals surface area contributed by atoms with Crippen LogP contribution in [0.4, 0.5) is 0 Å². The molecule has 0 N–H and O–H groups in total. The van der Waals surface area contributed by atoms with Gasteiger partial charge in [-0.3, -0.25) is 4.79 Å². The average molecular weight is 425 g/mol. The molecule has 1 aromatic heterocycles. The number of benzene rings is 3. The summed E-state index contributed by atoms with van der Waals surface area (Å²) >= 11 is 12.0. The summed E-state index contributed by atoms with van der Waals surface area (Å²) < 4.78 is 10.8. The second kappa shape index (κ2) is 8.07. The lowest BCUT2D eigenvalue weighted by molar-refractivity contribution is 0.103. The molecule has 7 heteroatoms. The van der Waals surface area contributed by atoms with Gasteiger partial charge in [0.05, 0.1) is 18.2 Å². The van der Waals surface area contributed by atoms with E-state index in [1.54, 1.807) is 73.8 Å². The van der Waals surface area contributed by atoms with Gasteiger partial charge in [0.15, 0.2) is 5.78 Å². The van der Waals surface area contributed by atoms with Crippen LogP contribution in [0.3, 0.4) is 0 Å². The molecule has 0 aliphatic carbocycles. The number of nitrogens with zero attached hydrogens (tertiary/aromatic N) is 2. The van der Waals surface area contributed by atoms with Crippen LogP contribution in [-0.4, -0.2) is 23.0 Å². The lowest BCUT2D eigenvalue weighted by Crippen LogP contribution is -2.03. The number of rotatable bonds is 5. The van der Waals surface area contributed by atoms with Crippen molar-refractivity contribution in [3.8, 4) is 28.6 Å². The van der Waals surface area contributed by atoms with Crippen molar-refractivity contribution < 1.29 is 14.1 Å². The maximum atomic E-state index is 13.0.